The van der Waals surface area contributed by atoms with Gasteiger partial charge in [0.15, 0.2) is 0 Å². The molecule has 1 aliphatic rings. The maximum absolute atomic E-state index is 12.9. The van der Waals surface area contributed by atoms with Crippen LogP contribution >= 0.6 is 0 Å². The predicted molar refractivity (Wildman–Crippen MR) is 140 cm³/mol. The van der Waals surface area contributed by atoms with Crippen LogP contribution in [-0.2, 0) is 7.05 Å². The van der Waals surface area contributed by atoms with E-state index in [1.807, 2.05) is 53.8 Å². The van der Waals surface area contributed by atoms with Gasteiger partial charge in [-0.1, -0.05) is 12.1 Å². The molecule has 38 heavy (non-hydrogen) atoms. The van der Waals surface area contributed by atoms with E-state index in [1.165, 1.54) is 5.56 Å². The zero-order valence-electron chi connectivity index (χ0n) is 21.6. The lowest BCUT2D eigenvalue weighted by Gasteiger charge is -2.32. The Kier molecular flexibility index (Phi) is 8.44. The maximum atomic E-state index is 12.9. The Bertz CT molecular complexity index is 1220. The largest absolute Gasteiger partial charge is 0.494 e. The second-order valence-corrected chi connectivity index (χ2v) is 9.72. The molecule has 0 atom stereocenters. The number of ether oxygens (including phenoxy) is 1. The van der Waals surface area contributed by atoms with Gasteiger partial charge in [0.2, 0.25) is 0 Å². The number of hydrogen-bond donors (Lipinski definition) is 1. The molecular formula is C29H32F3N3O3. The molecule has 0 aliphatic carbocycles. The summed E-state index contributed by atoms with van der Waals surface area (Å²) < 4.78 is 44.0. The lowest BCUT2D eigenvalue weighted by molar-refractivity contribution is -0.136. The highest BCUT2D eigenvalue weighted by Gasteiger charge is 2.26. The number of aromatic nitrogens is 1. The third-order valence-corrected chi connectivity index (χ3v) is 6.91. The normalized spacial score (nSPS) is 14.4. The van der Waals surface area contributed by atoms with E-state index in [0.717, 1.165) is 24.2 Å². The highest BCUT2D eigenvalue weighted by molar-refractivity contribution is 6.04. The number of carbonyl (C=O) groups is 2. The number of anilines is 1. The van der Waals surface area contributed by atoms with Gasteiger partial charge in [-0.05, 0) is 80.1 Å². The Morgan fingerprint density at radius 1 is 1.00 bits per heavy atom. The van der Waals surface area contributed by atoms with Gasteiger partial charge in [-0.3, -0.25) is 9.59 Å². The third kappa shape index (κ3) is 7.18. The van der Waals surface area contributed by atoms with Crippen LogP contribution in [0.2, 0.25) is 0 Å². The van der Waals surface area contributed by atoms with Crippen molar-refractivity contribution in [3.63, 3.8) is 0 Å². The first-order valence-electron chi connectivity index (χ1n) is 12.7. The quantitative estimate of drug-likeness (QED) is 0.349. The standard InChI is InChI=1S/C29H32F3N3O3/c1-20-18-24(19-34(20)2)27(36)33-25-8-4-21(5-9-25)22-12-15-35(16-13-22)28(37)23-6-10-26(11-7-23)38-17-3-14-29(30,31)32/h4-11,18-19,22H,3,12-17H2,1-2H3,(H,33,36). The summed E-state index contributed by atoms with van der Waals surface area (Å²) >= 11 is 0. The van der Waals surface area contributed by atoms with Crippen LogP contribution in [-0.4, -0.2) is 47.2 Å². The monoisotopic (exact) mass is 527 g/mol. The fourth-order valence-corrected chi connectivity index (χ4v) is 4.60. The van der Waals surface area contributed by atoms with Crippen LogP contribution < -0.4 is 10.1 Å². The number of piperidine rings is 1. The molecule has 2 heterocycles. The Morgan fingerprint density at radius 3 is 2.24 bits per heavy atom. The van der Waals surface area contributed by atoms with Crippen molar-refractivity contribution < 1.29 is 27.5 Å². The van der Waals surface area contributed by atoms with Gasteiger partial charge < -0.3 is 19.5 Å². The highest BCUT2D eigenvalue weighted by atomic mass is 19.4. The van der Waals surface area contributed by atoms with Crippen molar-refractivity contribution in [2.75, 3.05) is 25.0 Å². The van der Waals surface area contributed by atoms with Crippen LogP contribution in [0.3, 0.4) is 0 Å². The van der Waals surface area contributed by atoms with Gasteiger partial charge in [-0.2, -0.15) is 13.2 Å². The van der Waals surface area contributed by atoms with Gasteiger partial charge in [-0.25, -0.2) is 0 Å². The minimum absolute atomic E-state index is 0.0274. The van der Waals surface area contributed by atoms with E-state index in [9.17, 15) is 22.8 Å². The minimum Gasteiger partial charge on any atom is -0.494 e. The van der Waals surface area contributed by atoms with Crippen molar-refractivity contribution in [3.8, 4) is 5.75 Å². The Balaban J connectivity index is 1.24. The first kappa shape index (κ1) is 27.3. The molecule has 2 aromatic carbocycles. The van der Waals surface area contributed by atoms with Crippen molar-refractivity contribution in [2.45, 2.75) is 44.7 Å². The van der Waals surface area contributed by atoms with E-state index >= 15 is 0 Å². The molecule has 0 radical (unpaired) electrons. The van der Waals surface area contributed by atoms with Gasteiger partial charge >= 0.3 is 6.18 Å². The number of rotatable bonds is 8. The summed E-state index contributed by atoms with van der Waals surface area (Å²) in [7, 11) is 1.90. The molecule has 1 N–H and O–H groups in total. The fraction of sp³-hybridized carbons (Fsp3) is 0.379. The molecule has 0 spiro atoms. The number of aryl methyl sites for hydroxylation is 2. The van der Waals surface area contributed by atoms with Gasteiger partial charge in [0.1, 0.15) is 5.75 Å². The molecule has 1 aliphatic heterocycles. The van der Waals surface area contributed by atoms with Crippen molar-refractivity contribution in [2.24, 2.45) is 7.05 Å². The number of amides is 2. The zero-order valence-corrected chi connectivity index (χ0v) is 21.6. The molecule has 0 unspecified atom stereocenters. The number of nitrogens with zero attached hydrogens (tertiary/aromatic N) is 2. The van der Waals surface area contributed by atoms with Gasteiger partial charge in [-0.15, -0.1) is 0 Å². The van der Waals surface area contributed by atoms with E-state index in [4.69, 9.17) is 4.74 Å². The first-order chi connectivity index (χ1) is 18.1. The third-order valence-electron chi connectivity index (χ3n) is 6.91. The topological polar surface area (TPSA) is 63.6 Å². The summed E-state index contributed by atoms with van der Waals surface area (Å²) in [5.41, 5.74) is 4.08. The first-order valence-corrected chi connectivity index (χ1v) is 12.7. The second-order valence-electron chi connectivity index (χ2n) is 9.72. The van der Waals surface area contributed by atoms with Gasteiger partial charge in [0, 0.05) is 49.7 Å². The summed E-state index contributed by atoms with van der Waals surface area (Å²) in [5.74, 6) is 0.560. The van der Waals surface area contributed by atoms with Crippen LogP contribution in [0.25, 0.3) is 0 Å². The number of nitrogens with one attached hydrogen (secondary N) is 1. The summed E-state index contributed by atoms with van der Waals surface area (Å²) in [6.07, 6.45) is -1.70. The van der Waals surface area contributed by atoms with E-state index in [1.54, 1.807) is 30.5 Å². The van der Waals surface area contributed by atoms with Gasteiger partial charge in [0.25, 0.3) is 11.8 Å². The van der Waals surface area contributed by atoms with Crippen molar-refractivity contribution >= 4 is 17.5 Å². The summed E-state index contributed by atoms with van der Waals surface area (Å²) in [4.78, 5) is 27.2. The van der Waals surface area contributed by atoms with Crippen LogP contribution in [0.15, 0.2) is 60.8 Å². The van der Waals surface area contributed by atoms with Crippen molar-refractivity contribution in [3.05, 3.63) is 83.2 Å². The Morgan fingerprint density at radius 2 is 1.66 bits per heavy atom. The number of alkyl halides is 3. The summed E-state index contributed by atoms with van der Waals surface area (Å²) in [5, 5.41) is 2.93. The SMILES string of the molecule is Cc1cc(C(=O)Nc2ccc(C3CCN(C(=O)c4ccc(OCCCC(F)(F)F)cc4)CC3)cc2)cn1C. The molecule has 9 heteroatoms. The molecule has 0 bridgehead atoms. The van der Waals surface area contributed by atoms with Crippen LogP contribution in [0.1, 0.15) is 63.6 Å². The molecule has 0 saturated carbocycles. The van der Waals surface area contributed by atoms with E-state index in [0.29, 0.717) is 35.9 Å². The number of likely N-dealkylation sites (tertiary alicyclic amines) is 1. The van der Waals surface area contributed by atoms with Crippen LogP contribution in [0.5, 0.6) is 5.75 Å². The van der Waals surface area contributed by atoms with E-state index in [2.05, 4.69) is 5.32 Å². The second kappa shape index (κ2) is 11.8. The van der Waals surface area contributed by atoms with Crippen molar-refractivity contribution in [1.82, 2.24) is 9.47 Å². The molecule has 6 nitrogen and oxygen atoms in total. The highest BCUT2D eigenvalue weighted by Crippen LogP contribution is 2.30. The van der Waals surface area contributed by atoms with Gasteiger partial charge in [0.05, 0.1) is 12.2 Å². The number of hydrogen-bond acceptors (Lipinski definition) is 3. The molecule has 4 rings (SSSR count). The molecular weight excluding hydrogens is 495 g/mol. The lowest BCUT2D eigenvalue weighted by Crippen LogP contribution is -2.37. The number of carbonyl (C=O) groups excluding carboxylic acids is 2. The Labute approximate surface area is 220 Å². The van der Waals surface area contributed by atoms with Crippen LogP contribution in [0, 0.1) is 6.92 Å². The molecule has 1 saturated heterocycles. The molecule has 1 aromatic heterocycles. The lowest BCUT2D eigenvalue weighted by atomic mass is 9.89. The number of benzene rings is 2. The number of halogens is 3. The molecule has 202 valence electrons. The minimum atomic E-state index is -4.18. The predicted octanol–water partition coefficient (Wildman–Crippen LogP) is 6.33. The molecule has 2 amide bonds. The summed E-state index contributed by atoms with van der Waals surface area (Å²) in [6, 6.07) is 16.3. The maximum Gasteiger partial charge on any atom is 0.389 e. The molecule has 3 aromatic rings. The zero-order chi connectivity index (χ0) is 27.3. The summed E-state index contributed by atoms with van der Waals surface area (Å²) in [6.45, 7) is 3.18. The van der Waals surface area contributed by atoms with E-state index in [-0.39, 0.29) is 24.8 Å². The average molecular weight is 528 g/mol. The van der Waals surface area contributed by atoms with E-state index < -0.39 is 12.6 Å². The van der Waals surface area contributed by atoms with Crippen molar-refractivity contribution in [1.29, 1.82) is 0 Å². The smallest absolute Gasteiger partial charge is 0.389 e. The Hall–Kier alpha value is -3.75. The molecule has 1 fully saturated rings. The fourth-order valence-electron chi connectivity index (χ4n) is 4.60. The van der Waals surface area contributed by atoms with Crippen LogP contribution in [0.4, 0.5) is 18.9 Å². The average Bonchev–Trinajstić information content (AvgIpc) is 3.25.